The van der Waals surface area contributed by atoms with Gasteiger partial charge in [-0.3, -0.25) is 4.79 Å². The maximum atomic E-state index is 11.9. The molecule has 0 aromatic rings. The molecule has 2 atom stereocenters. The van der Waals surface area contributed by atoms with Crippen molar-refractivity contribution in [3.8, 4) is 0 Å². The van der Waals surface area contributed by atoms with E-state index < -0.39 is 11.5 Å². The summed E-state index contributed by atoms with van der Waals surface area (Å²) in [4.78, 5) is 22.8. The minimum absolute atomic E-state index is 0.0619. The Balaban J connectivity index is 2.42. The second kappa shape index (κ2) is 6.75. The number of amides is 2. The van der Waals surface area contributed by atoms with Gasteiger partial charge in [-0.25, -0.2) is 4.79 Å². The first-order valence-corrected chi connectivity index (χ1v) is 6.64. The summed E-state index contributed by atoms with van der Waals surface area (Å²) < 4.78 is 5.03. The molecule has 0 radical (unpaired) electrons. The van der Waals surface area contributed by atoms with Crippen LogP contribution in [0.3, 0.4) is 0 Å². The molecule has 0 aromatic heterocycles. The smallest absolute Gasteiger partial charge is 0.315 e. The van der Waals surface area contributed by atoms with Crippen LogP contribution in [-0.2, 0) is 9.53 Å². The summed E-state index contributed by atoms with van der Waals surface area (Å²) in [5.41, 5.74) is -0.445. The second-order valence-electron chi connectivity index (χ2n) is 5.81. The van der Waals surface area contributed by atoms with Crippen LogP contribution in [0.5, 0.6) is 0 Å². The van der Waals surface area contributed by atoms with Gasteiger partial charge in [-0.2, -0.15) is 0 Å². The molecule has 6 nitrogen and oxygen atoms in total. The molecule has 1 aliphatic rings. The van der Waals surface area contributed by atoms with E-state index >= 15 is 0 Å². The molecule has 0 heterocycles. The Kier molecular flexibility index (Phi) is 5.60. The number of nitrogens with one attached hydrogen (secondary N) is 2. The van der Waals surface area contributed by atoms with Gasteiger partial charge >= 0.3 is 12.0 Å². The minimum atomic E-state index is -0.772. The van der Waals surface area contributed by atoms with Crippen molar-refractivity contribution >= 4 is 12.0 Å². The molecule has 0 aliphatic heterocycles. The quantitative estimate of drug-likeness (QED) is 0.705. The molecule has 110 valence electrons. The van der Waals surface area contributed by atoms with Crippen LogP contribution < -0.4 is 10.6 Å². The van der Waals surface area contributed by atoms with Gasteiger partial charge in [0, 0.05) is 13.2 Å². The zero-order chi connectivity index (χ0) is 14.5. The van der Waals surface area contributed by atoms with Crippen molar-refractivity contribution in [1.82, 2.24) is 10.6 Å². The lowest BCUT2D eigenvalue weighted by atomic mass is 9.86. The third-order valence-electron chi connectivity index (χ3n) is 3.32. The molecule has 2 unspecified atom stereocenters. The standard InChI is InChI=1S/C13H24N2O4/c1-13(2,8-19-3)15-12(18)14-10-6-4-5-9(7-10)11(16)17/h9-10H,4-8H2,1-3H3,(H,16,17)(H2,14,15,18). The summed E-state index contributed by atoms with van der Waals surface area (Å²) in [7, 11) is 1.58. The monoisotopic (exact) mass is 272 g/mol. The first-order valence-electron chi connectivity index (χ1n) is 6.64. The van der Waals surface area contributed by atoms with Crippen LogP contribution in [-0.4, -0.2) is 42.4 Å². The third-order valence-corrected chi connectivity index (χ3v) is 3.32. The SMILES string of the molecule is COCC(C)(C)NC(=O)NC1CCCC(C(=O)O)C1. The number of hydrogen-bond donors (Lipinski definition) is 3. The van der Waals surface area contributed by atoms with Gasteiger partial charge in [0.2, 0.25) is 0 Å². The molecule has 2 amide bonds. The Morgan fingerprint density at radius 3 is 2.63 bits per heavy atom. The van der Waals surface area contributed by atoms with Crippen LogP contribution in [0, 0.1) is 5.92 Å². The van der Waals surface area contributed by atoms with Crippen LogP contribution in [0.15, 0.2) is 0 Å². The summed E-state index contributed by atoms with van der Waals surface area (Å²) in [5.74, 6) is -1.11. The molecule has 0 saturated heterocycles. The van der Waals surface area contributed by atoms with Crippen molar-refractivity contribution in [3.63, 3.8) is 0 Å². The molecule has 3 N–H and O–H groups in total. The van der Waals surface area contributed by atoms with E-state index in [0.29, 0.717) is 19.4 Å². The van der Waals surface area contributed by atoms with Gasteiger partial charge in [0.25, 0.3) is 0 Å². The summed E-state index contributed by atoms with van der Waals surface area (Å²) in [6.07, 6.45) is 2.88. The molecular weight excluding hydrogens is 248 g/mol. The first-order chi connectivity index (χ1) is 8.84. The highest BCUT2D eigenvalue weighted by Gasteiger charge is 2.29. The zero-order valence-electron chi connectivity index (χ0n) is 11.9. The van der Waals surface area contributed by atoms with Gasteiger partial charge in [-0.05, 0) is 33.1 Å². The lowest BCUT2D eigenvalue weighted by molar-refractivity contribution is -0.143. The number of carboxylic acids is 1. The Labute approximate surface area is 113 Å². The van der Waals surface area contributed by atoms with Crippen molar-refractivity contribution in [3.05, 3.63) is 0 Å². The highest BCUT2D eigenvalue weighted by atomic mass is 16.5. The molecule has 19 heavy (non-hydrogen) atoms. The first kappa shape index (κ1) is 15.8. The number of carbonyl (C=O) groups is 2. The van der Waals surface area contributed by atoms with E-state index in [1.54, 1.807) is 7.11 Å². The van der Waals surface area contributed by atoms with Crippen molar-refractivity contribution in [2.75, 3.05) is 13.7 Å². The Hall–Kier alpha value is -1.30. The van der Waals surface area contributed by atoms with Gasteiger partial charge < -0.3 is 20.5 Å². The number of ether oxygens (including phenoxy) is 1. The van der Waals surface area contributed by atoms with Crippen molar-refractivity contribution < 1.29 is 19.4 Å². The second-order valence-corrected chi connectivity index (χ2v) is 5.81. The average Bonchev–Trinajstić information content (AvgIpc) is 2.27. The molecule has 0 spiro atoms. The van der Waals surface area contributed by atoms with Gasteiger partial charge in [0.15, 0.2) is 0 Å². The van der Waals surface area contributed by atoms with Crippen LogP contribution in [0.25, 0.3) is 0 Å². The fraction of sp³-hybridized carbons (Fsp3) is 0.846. The van der Waals surface area contributed by atoms with Gasteiger partial charge in [-0.1, -0.05) is 6.42 Å². The maximum absolute atomic E-state index is 11.9. The van der Waals surface area contributed by atoms with Crippen molar-refractivity contribution in [2.45, 2.75) is 51.1 Å². The van der Waals surface area contributed by atoms with Gasteiger partial charge in [0.1, 0.15) is 0 Å². The summed E-state index contributed by atoms with van der Waals surface area (Å²) >= 11 is 0. The molecular formula is C13H24N2O4. The number of rotatable bonds is 5. The van der Waals surface area contributed by atoms with Crippen LogP contribution >= 0.6 is 0 Å². The lowest BCUT2D eigenvalue weighted by Crippen LogP contribution is -2.53. The normalized spacial score (nSPS) is 23.7. The fourth-order valence-corrected chi connectivity index (χ4v) is 2.47. The van der Waals surface area contributed by atoms with Crippen molar-refractivity contribution in [1.29, 1.82) is 0 Å². The highest BCUT2D eigenvalue weighted by molar-refractivity contribution is 5.75. The van der Waals surface area contributed by atoms with E-state index in [4.69, 9.17) is 9.84 Å². The summed E-state index contributed by atoms with van der Waals surface area (Å²) in [6.45, 7) is 4.16. The van der Waals surface area contributed by atoms with Gasteiger partial charge in [-0.15, -0.1) is 0 Å². The number of methoxy groups -OCH3 is 1. The topological polar surface area (TPSA) is 87.7 Å². The third kappa shape index (κ3) is 5.46. The Morgan fingerprint density at radius 2 is 2.05 bits per heavy atom. The predicted octanol–water partition coefficient (Wildman–Crippen LogP) is 1.35. The van der Waals surface area contributed by atoms with E-state index in [1.165, 1.54) is 0 Å². The van der Waals surface area contributed by atoms with Gasteiger partial charge in [0.05, 0.1) is 18.1 Å². The molecule has 6 heteroatoms. The lowest BCUT2D eigenvalue weighted by Gasteiger charge is -2.30. The molecule has 1 fully saturated rings. The average molecular weight is 272 g/mol. The molecule has 1 aliphatic carbocycles. The number of carbonyl (C=O) groups excluding carboxylic acids is 1. The van der Waals surface area contributed by atoms with Crippen molar-refractivity contribution in [2.24, 2.45) is 5.92 Å². The van der Waals surface area contributed by atoms with E-state index in [-0.39, 0.29) is 18.0 Å². The Bertz CT molecular complexity index is 331. The molecule has 0 bridgehead atoms. The largest absolute Gasteiger partial charge is 0.481 e. The molecule has 0 aromatic carbocycles. The summed E-state index contributed by atoms with van der Waals surface area (Å²) in [6, 6.07) is -0.328. The summed E-state index contributed by atoms with van der Waals surface area (Å²) in [5, 5.41) is 14.7. The Morgan fingerprint density at radius 1 is 1.37 bits per heavy atom. The van der Waals surface area contributed by atoms with E-state index in [2.05, 4.69) is 10.6 Å². The maximum Gasteiger partial charge on any atom is 0.315 e. The number of urea groups is 1. The van der Waals surface area contributed by atoms with E-state index in [0.717, 1.165) is 12.8 Å². The van der Waals surface area contributed by atoms with E-state index in [9.17, 15) is 9.59 Å². The fourth-order valence-electron chi connectivity index (χ4n) is 2.47. The number of carboxylic acid groups (broad SMARTS) is 1. The highest BCUT2D eigenvalue weighted by Crippen LogP contribution is 2.24. The number of aliphatic carboxylic acids is 1. The zero-order valence-corrected chi connectivity index (χ0v) is 11.9. The molecule has 1 rings (SSSR count). The predicted molar refractivity (Wildman–Crippen MR) is 71.0 cm³/mol. The van der Waals surface area contributed by atoms with Crippen LogP contribution in [0.4, 0.5) is 4.79 Å². The van der Waals surface area contributed by atoms with Crippen LogP contribution in [0.2, 0.25) is 0 Å². The van der Waals surface area contributed by atoms with E-state index in [1.807, 2.05) is 13.8 Å². The number of hydrogen-bond acceptors (Lipinski definition) is 3. The minimum Gasteiger partial charge on any atom is -0.481 e. The molecule has 1 saturated carbocycles. The van der Waals surface area contributed by atoms with Crippen LogP contribution in [0.1, 0.15) is 39.5 Å².